The van der Waals surface area contributed by atoms with Crippen LogP contribution in [0.3, 0.4) is 0 Å². The van der Waals surface area contributed by atoms with Crippen LogP contribution in [0.15, 0.2) is 47.8 Å². The molecule has 1 N–H and O–H groups in total. The van der Waals surface area contributed by atoms with Crippen molar-refractivity contribution < 1.29 is 9.59 Å². The molecule has 0 bridgehead atoms. The van der Waals surface area contributed by atoms with E-state index < -0.39 is 0 Å². The van der Waals surface area contributed by atoms with Crippen LogP contribution in [0, 0.1) is 13.8 Å². The van der Waals surface area contributed by atoms with E-state index in [9.17, 15) is 9.59 Å². The number of amides is 2. The number of thiazole rings is 1. The van der Waals surface area contributed by atoms with E-state index in [-0.39, 0.29) is 30.7 Å². The molecular formula is C32H40N4O2S. The molecule has 3 aromatic rings. The van der Waals surface area contributed by atoms with Crippen molar-refractivity contribution in [1.82, 2.24) is 20.1 Å². The van der Waals surface area contributed by atoms with Gasteiger partial charge in [-0.3, -0.25) is 14.5 Å². The van der Waals surface area contributed by atoms with Crippen LogP contribution in [0.2, 0.25) is 0 Å². The molecule has 2 aliphatic heterocycles. The average molecular weight is 545 g/mol. The Hall–Kier alpha value is -3.03. The molecule has 2 fully saturated rings. The second-order valence-electron chi connectivity index (χ2n) is 11.0. The van der Waals surface area contributed by atoms with Gasteiger partial charge in [0.25, 0.3) is 0 Å². The first-order valence-electron chi connectivity index (χ1n) is 14.3. The molecule has 1 unspecified atom stereocenters. The van der Waals surface area contributed by atoms with Crippen LogP contribution >= 0.6 is 11.3 Å². The molecule has 6 nitrogen and oxygen atoms in total. The number of rotatable bonds is 10. The predicted molar refractivity (Wildman–Crippen MR) is 157 cm³/mol. The third-order valence-corrected chi connectivity index (χ3v) is 9.02. The Kier molecular flexibility index (Phi) is 9.09. The molecular weight excluding hydrogens is 504 g/mol. The highest BCUT2D eigenvalue weighted by molar-refractivity contribution is 7.09. The summed E-state index contributed by atoms with van der Waals surface area (Å²) in [7, 11) is 0. The minimum atomic E-state index is -0.0989. The van der Waals surface area contributed by atoms with Gasteiger partial charge in [-0.2, -0.15) is 0 Å². The molecule has 2 saturated heterocycles. The van der Waals surface area contributed by atoms with Gasteiger partial charge in [0.15, 0.2) is 0 Å². The summed E-state index contributed by atoms with van der Waals surface area (Å²) in [6, 6.07) is 15.2. The third kappa shape index (κ3) is 7.14. The summed E-state index contributed by atoms with van der Waals surface area (Å²) in [4.78, 5) is 34.9. The zero-order chi connectivity index (χ0) is 27.2. The Morgan fingerprint density at radius 3 is 2.56 bits per heavy atom. The lowest BCUT2D eigenvalue weighted by molar-refractivity contribution is -0.134. The average Bonchev–Trinajstić information content (AvgIpc) is 3.71. The van der Waals surface area contributed by atoms with Crippen molar-refractivity contribution in [3.8, 4) is 0 Å². The summed E-state index contributed by atoms with van der Waals surface area (Å²) in [5.74, 6) is -0.0269. The minimum absolute atomic E-state index is 0.0720. The van der Waals surface area contributed by atoms with Crippen LogP contribution in [0.5, 0.6) is 0 Å². The summed E-state index contributed by atoms with van der Waals surface area (Å²) in [6.07, 6.45) is 5.82. The SMILES string of the molecule is Cc1cccc(C)c1Cc1csc(CNC(=O)CCC(=O)N2CCCC2c2cccc(CN3CCCC3)c2)n1. The largest absolute Gasteiger partial charge is 0.350 e. The maximum Gasteiger partial charge on any atom is 0.223 e. The van der Waals surface area contributed by atoms with Gasteiger partial charge in [-0.1, -0.05) is 42.5 Å². The van der Waals surface area contributed by atoms with E-state index in [1.54, 1.807) is 11.3 Å². The molecule has 1 aromatic heterocycles. The highest BCUT2D eigenvalue weighted by atomic mass is 32.1. The van der Waals surface area contributed by atoms with Crippen molar-refractivity contribution in [2.45, 2.75) is 77.9 Å². The Labute approximate surface area is 236 Å². The van der Waals surface area contributed by atoms with E-state index >= 15 is 0 Å². The Morgan fingerprint density at radius 2 is 1.77 bits per heavy atom. The minimum Gasteiger partial charge on any atom is -0.350 e. The fraction of sp³-hybridized carbons (Fsp3) is 0.469. The lowest BCUT2D eigenvalue weighted by Gasteiger charge is -2.26. The van der Waals surface area contributed by atoms with E-state index in [0.29, 0.717) is 6.54 Å². The van der Waals surface area contributed by atoms with Gasteiger partial charge >= 0.3 is 0 Å². The molecule has 2 aliphatic rings. The molecule has 3 heterocycles. The van der Waals surface area contributed by atoms with Crippen molar-refractivity contribution in [1.29, 1.82) is 0 Å². The van der Waals surface area contributed by atoms with Crippen LogP contribution in [0.25, 0.3) is 0 Å². The first-order chi connectivity index (χ1) is 19.0. The fourth-order valence-corrected chi connectivity index (χ4v) is 6.69. The predicted octanol–water partition coefficient (Wildman–Crippen LogP) is 5.71. The Balaban J connectivity index is 1.09. The summed E-state index contributed by atoms with van der Waals surface area (Å²) in [5.41, 5.74) is 7.45. The van der Waals surface area contributed by atoms with E-state index in [1.807, 2.05) is 4.90 Å². The lowest BCUT2D eigenvalue weighted by atomic mass is 9.99. The molecule has 39 heavy (non-hydrogen) atoms. The molecule has 0 saturated carbocycles. The number of nitrogens with one attached hydrogen (secondary N) is 1. The summed E-state index contributed by atoms with van der Waals surface area (Å²) >= 11 is 1.57. The fourth-order valence-electron chi connectivity index (χ4n) is 5.96. The molecule has 1 atom stereocenters. The first kappa shape index (κ1) is 27.5. The summed E-state index contributed by atoms with van der Waals surface area (Å²) in [5, 5.41) is 5.93. The van der Waals surface area contributed by atoms with E-state index in [2.05, 4.69) is 71.9 Å². The van der Waals surface area contributed by atoms with Crippen molar-refractivity contribution in [3.05, 3.63) is 86.4 Å². The Bertz CT molecular complexity index is 1280. The third-order valence-electron chi connectivity index (χ3n) is 8.12. The van der Waals surface area contributed by atoms with E-state index in [0.717, 1.165) is 43.1 Å². The molecule has 0 spiro atoms. The maximum absolute atomic E-state index is 13.1. The van der Waals surface area contributed by atoms with Crippen molar-refractivity contribution in [3.63, 3.8) is 0 Å². The number of carbonyl (C=O) groups excluding carboxylic acids is 2. The molecule has 7 heteroatoms. The van der Waals surface area contributed by atoms with Gasteiger partial charge in [0.1, 0.15) is 5.01 Å². The number of benzene rings is 2. The van der Waals surface area contributed by atoms with Gasteiger partial charge in [0.2, 0.25) is 11.8 Å². The molecule has 0 aliphatic carbocycles. The number of aromatic nitrogens is 1. The zero-order valence-electron chi connectivity index (χ0n) is 23.2. The van der Waals surface area contributed by atoms with Crippen LogP contribution in [0.1, 0.15) is 83.1 Å². The lowest BCUT2D eigenvalue weighted by Crippen LogP contribution is -2.32. The first-order valence-corrected chi connectivity index (χ1v) is 15.2. The highest BCUT2D eigenvalue weighted by Crippen LogP contribution is 2.33. The zero-order valence-corrected chi connectivity index (χ0v) is 24.1. The molecule has 206 valence electrons. The molecule has 0 radical (unpaired) electrons. The number of aryl methyl sites for hydroxylation is 2. The molecule has 5 rings (SSSR count). The Morgan fingerprint density at radius 1 is 1.00 bits per heavy atom. The van der Waals surface area contributed by atoms with Gasteiger partial charge < -0.3 is 10.2 Å². The summed E-state index contributed by atoms with van der Waals surface area (Å²) < 4.78 is 0. The van der Waals surface area contributed by atoms with Gasteiger partial charge in [0.05, 0.1) is 18.3 Å². The molecule has 2 aromatic carbocycles. The van der Waals surface area contributed by atoms with Crippen LogP contribution in [-0.4, -0.2) is 46.2 Å². The molecule has 2 amide bonds. The standard InChI is InChI=1S/C32H40N4O2S/c1-23-8-5-9-24(2)28(23)19-27-22-39-31(34-27)20-33-30(37)13-14-32(38)36-17-7-12-29(36)26-11-6-10-25(18-26)21-35-15-3-4-16-35/h5-6,8-11,18,22,29H,3-4,7,12-17,19-21H2,1-2H3,(H,33,37). The monoisotopic (exact) mass is 544 g/mol. The highest BCUT2D eigenvalue weighted by Gasteiger charge is 2.30. The second-order valence-corrected chi connectivity index (χ2v) is 12.0. The van der Waals surface area contributed by atoms with Crippen molar-refractivity contribution in [2.75, 3.05) is 19.6 Å². The number of likely N-dealkylation sites (tertiary alicyclic amines) is 2. The van der Waals surface area contributed by atoms with Crippen LogP contribution in [-0.2, 0) is 29.1 Å². The smallest absolute Gasteiger partial charge is 0.223 e. The maximum atomic E-state index is 13.1. The van der Waals surface area contributed by atoms with Gasteiger partial charge in [-0.15, -0.1) is 11.3 Å². The number of hydrogen-bond donors (Lipinski definition) is 1. The quantitative estimate of drug-likeness (QED) is 0.355. The number of carbonyl (C=O) groups is 2. The van der Waals surface area contributed by atoms with Gasteiger partial charge in [-0.05, 0) is 80.4 Å². The topological polar surface area (TPSA) is 65.5 Å². The van der Waals surface area contributed by atoms with Crippen LogP contribution in [0.4, 0.5) is 0 Å². The second kappa shape index (κ2) is 12.9. The van der Waals surface area contributed by atoms with Crippen LogP contribution < -0.4 is 5.32 Å². The van der Waals surface area contributed by atoms with Crippen molar-refractivity contribution in [2.24, 2.45) is 0 Å². The van der Waals surface area contributed by atoms with Crippen molar-refractivity contribution >= 4 is 23.2 Å². The van der Waals surface area contributed by atoms with Gasteiger partial charge in [-0.25, -0.2) is 4.98 Å². The normalized spacial score (nSPS) is 17.6. The van der Waals surface area contributed by atoms with E-state index in [1.165, 1.54) is 53.7 Å². The van der Waals surface area contributed by atoms with E-state index in [4.69, 9.17) is 4.98 Å². The summed E-state index contributed by atoms with van der Waals surface area (Å²) in [6.45, 7) is 8.78. The number of hydrogen-bond acceptors (Lipinski definition) is 5. The van der Waals surface area contributed by atoms with Gasteiger partial charge in [0, 0.05) is 37.7 Å². The number of nitrogens with zero attached hydrogens (tertiary/aromatic N) is 3.